The van der Waals surface area contributed by atoms with Gasteiger partial charge in [0.1, 0.15) is 5.75 Å². The fourth-order valence-electron chi connectivity index (χ4n) is 1.23. The molecule has 0 saturated carbocycles. The largest absolute Gasteiger partial charge is 0.433 e. The average Bonchev–Trinajstić information content (AvgIpc) is 2.18. The van der Waals surface area contributed by atoms with Crippen LogP contribution in [-0.4, -0.2) is 11.9 Å². The Kier molecular flexibility index (Phi) is 5.81. The van der Waals surface area contributed by atoms with Gasteiger partial charge >= 0.3 is 6.61 Å². The zero-order valence-corrected chi connectivity index (χ0v) is 11.6. The number of hydrogen-bond donors (Lipinski definition) is 0. The molecule has 0 unspecified atom stereocenters. The Hall–Kier alpha value is 0.0900. The minimum Gasteiger partial charge on any atom is -0.433 e. The minimum atomic E-state index is -2.76. The van der Waals surface area contributed by atoms with Gasteiger partial charge in [-0.15, -0.1) is 0 Å². The predicted octanol–water partition coefficient (Wildman–Crippen LogP) is 4.22. The van der Waals surface area contributed by atoms with E-state index in [1.165, 1.54) is 0 Å². The van der Waals surface area contributed by atoms with Crippen LogP contribution in [0.5, 0.6) is 5.75 Å². The molecule has 0 spiro atoms. The summed E-state index contributed by atoms with van der Waals surface area (Å²) >= 11 is 5.31. The van der Waals surface area contributed by atoms with Crippen LogP contribution >= 0.6 is 38.5 Å². The van der Waals surface area contributed by atoms with Crippen molar-refractivity contribution in [1.29, 1.82) is 0 Å². The Balaban J connectivity index is 2.87. The molecule has 0 aromatic heterocycles. The Bertz CT molecular complexity index is 320. The Labute approximate surface area is 109 Å². The van der Waals surface area contributed by atoms with Gasteiger partial charge in [-0.2, -0.15) is 8.78 Å². The van der Waals surface area contributed by atoms with E-state index >= 15 is 0 Å². The molecule has 1 rings (SSSR count). The minimum absolute atomic E-state index is 0.314. The van der Waals surface area contributed by atoms with E-state index in [0.717, 1.165) is 27.3 Å². The molecule has 0 heterocycles. The molecular weight excluding hydrogens is 381 g/mol. The summed E-state index contributed by atoms with van der Waals surface area (Å²) in [6.45, 7) is -2.76. The number of benzene rings is 1. The zero-order valence-electron chi connectivity index (χ0n) is 7.85. The van der Waals surface area contributed by atoms with Crippen LogP contribution in [0.2, 0.25) is 0 Å². The van der Waals surface area contributed by atoms with Crippen molar-refractivity contribution < 1.29 is 13.5 Å². The second kappa shape index (κ2) is 6.62. The molecule has 1 nitrogen and oxygen atoms in total. The molecule has 1 aromatic carbocycles. The van der Waals surface area contributed by atoms with Crippen LogP contribution in [-0.2, 0) is 6.42 Å². The van der Waals surface area contributed by atoms with Crippen LogP contribution in [0.25, 0.3) is 0 Å². The van der Waals surface area contributed by atoms with Gasteiger partial charge in [-0.1, -0.05) is 28.1 Å². The van der Waals surface area contributed by atoms with E-state index < -0.39 is 6.61 Å². The molecule has 0 bridgehead atoms. The molecule has 1 aromatic rings. The molecule has 5 heteroatoms. The zero-order chi connectivity index (χ0) is 11.3. The fourth-order valence-corrected chi connectivity index (χ4v) is 2.19. The summed E-state index contributed by atoms with van der Waals surface area (Å²) in [7, 11) is 0. The normalized spacial score (nSPS) is 10.7. The number of ether oxygens (including phenoxy) is 1. The molecule has 15 heavy (non-hydrogen) atoms. The molecule has 0 fully saturated rings. The van der Waals surface area contributed by atoms with Crippen molar-refractivity contribution in [3.8, 4) is 5.75 Å². The van der Waals surface area contributed by atoms with E-state index in [-0.39, 0.29) is 0 Å². The third-order valence-electron chi connectivity index (χ3n) is 1.84. The third-order valence-corrected chi connectivity index (χ3v) is 3.25. The second-order valence-electron chi connectivity index (χ2n) is 2.90. The van der Waals surface area contributed by atoms with E-state index in [1.54, 1.807) is 6.07 Å². The summed E-state index contributed by atoms with van der Waals surface area (Å²) in [5, 5.41) is 0.854. The van der Waals surface area contributed by atoms with Crippen molar-refractivity contribution in [2.75, 3.05) is 5.33 Å². The van der Waals surface area contributed by atoms with Crippen molar-refractivity contribution >= 4 is 38.5 Å². The Morgan fingerprint density at radius 3 is 2.73 bits per heavy atom. The first-order valence-electron chi connectivity index (χ1n) is 4.43. The van der Waals surface area contributed by atoms with Crippen LogP contribution in [0.3, 0.4) is 0 Å². The lowest BCUT2D eigenvalue weighted by molar-refractivity contribution is -0.0510. The molecule has 0 radical (unpaired) electrons. The monoisotopic (exact) mass is 390 g/mol. The molecule has 0 amide bonds. The summed E-state index contributed by atoms with van der Waals surface area (Å²) in [4.78, 5) is 0. The first-order valence-corrected chi connectivity index (χ1v) is 6.63. The summed E-state index contributed by atoms with van der Waals surface area (Å²) in [5.41, 5.74) is 0.835. The number of rotatable bonds is 5. The quantitative estimate of drug-likeness (QED) is 0.540. The van der Waals surface area contributed by atoms with Gasteiger partial charge in [0.25, 0.3) is 0 Å². The van der Waals surface area contributed by atoms with E-state index in [1.807, 2.05) is 34.7 Å². The SMILES string of the molecule is FC(F)Oc1c(I)cccc1CCCBr. The molecule has 0 aliphatic heterocycles. The smallest absolute Gasteiger partial charge is 0.387 e. The molecule has 0 atom stereocenters. The molecule has 0 saturated heterocycles. The van der Waals surface area contributed by atoms with Crippen molar-refractivity contribution in [2.45, 2.75) is 19.5 Å². The number of alkyl halides is 3. The first-order chi connectivity index (χ1) is 7.15. The van der Waals surface area contributed by atoms with Gasteiger partial charge in [-0.25, -0.2) is 0 Å². The number of para-hydroxylation sites is 1. The fraction of sp³-hybridized carbons (Fsp3) is 0.400. The Morgan fingerprint density at radius 1 is 1.40 bits per heavy atom. The summed E-state index contributed by atoms with van der Waals surface area (Å²) in [5.74, 6) is 0.314. The van der Waals surface area contributed by atoms with Gasteiger partial charge in [-0.05, 0) is 47.1 Å². The number of halogens is 4. The van der Waals surface area contributed by atoms with Crippen LogP contribution in [0.1, 0.15) is 12.0 Å². The van der Waals surface area contributed by atoms with Crippen molar-refractivity contribution in [1.82, 2.24) is 0 Å². The highest BCUT2D eigenvalue weighted by atomic mass is 127. The molecule has 84 valence electrons. The number of aryl methyl sites for hydroxylation is 1. The van der Waals surface area contributed by atoms with Crippen LogP contribution in [0, 0.1) is 3.57 Å². The van der Waals surface area contributed by atoms with Crippen LogP contribution in [0.4, 0.5) is 8.78 Å². The molecule has 0 aliphatic rings. The Morgan fingerprint density at radius 2 is 2.13 bits per heavy atom. The van der Waals surface area contributed by atoms with Gasteiger partial charge in [0.2, 0.25) is 0 Å². The number of hydrogen-bond acceptors (Lipinski definition) is 1. The van der Waals surface area contributed by atoms with Crippen LogP contribution in [0.15, 0.2) is 18.2 Å². The highest BCUT2D eigenvalue weighted by molar-refractivity contribution is 14.1. The maximum atomic E-state index is 12.2. The lowest BCUT2D eigenvalue weighted by Gasteiger charge is -2.11. The van der Waals surface area contributed by atoms with Crippen molar-refractivity contribution in [2.24, 2.45) is 0 Å². The first kappa shape index (κ1) is 13.2. The van der Waals surface area contributed by atoms with E-state index in [0.29, 0.717) is 5.75 Å². The maximum absolute atomic E-state index is 12.2. The maximum Gasteiger partial charge on any atom is 0.387 e. The third kappa shape index (κ3) is 4.22. The average molecular weight is 391 g/mol. The molecule has 0 N–H and O–H groups in total. The van der Waals surface area contributed by atoms with E-state index in [9.17, 15) is 8.78 Å². The second-order valence-corrected chi connectivity index (χ2v) is 4.85. The lowest BCUT2D eigenvalue weighted by atomic mass is 10.1. The predicted molar refractivity (Wildman–Crippen MR) is 67.9 cm³/mol. The van der Waals surface area contributed by atoms with Crippen molar-refractivity contribution in [3.63, 3.8) is 0 Å². The van der Waals surface area contributed by atoms with Crippen molar-refractivity contribution in [3.05, 3.63) is 27.3 Å². The highest BCUT2D eigenvalue weighted by Crippen LogP contribution is 2.28. The topological polar surface area (TPSA) is 9.23 Å². The summed E-state index contributed by atoms with van der Waals surface area (Å²) < 4.78 is 29.6. The van der Waals surface area contributed by atoms with Gasteiger partial charge in [0.05, 0.1) is 3.57 Å². The standard InChI is InChI=1S/C10H10BrF2IO/c11-6-2-4-7-3-1-5-8(14)9(7)15-10(12)13/h1,3,5,10H,2,4,6H2. The van der Waals surface area contributed by atoms with E-state index in [4.69, 9.17) is 0 Å². The summed E-state index contributed by atoms with van der Waals surface area (Å²) in [6.07, 6.45) is 1.64. The van der Waals surface area contributed by atoms with Gasteiger partial charge < -0.3 is 4.74 Å². The van der Waals surface area contributed by atoms with Gasteiger partial charge in [-0.3, -0.25) is 0 Å². The van der Waals surface area contributed by atoms with Gasteiger partial charge in [0, 0.05) is 5.33 Å². The highest BCUT2D eigenvalue weighted by Gasteiger charge is 2.12. The summed E-state index contributed by atoms with van der Waals surface area (Å²) in [6, 6.07) is 5.43. The molecule has 0 aliphatic carbocycles. The van der Waals surface area contributed by atoms with Gasteiger partial charge in [0.15, 0.2) is 0 Å². The van der Waals surface area contributed by atoms with Crippen LogP contribution < -0.4 is 4.74 Å². The van der Waals surface area contributed by atoms with E-state index in [2.05, 4.69) is 20.7 Å². The lowest BCUT2D eigenvalue weighted by Crippen LogP contribution is -2.06. The molecular formula is C10H10BrF2IO.